The van der Waals surface area contributed by atoms with E-state index in [1.54, 1.807) is 0 Å². The Morgan fingerprint density at radius 1 is 1.90 bits per heavy atom. The van der Waals surface area contributed by atoms with Crippen molar-refractivity contribution in [2.24, 2.45) is 0 Å². The van der Waals surface area contributed by atoms with E-state index in [9.17, 15) is 4.39 Å². The van der Waals surface area contributed by atoms with Crippen molar-refractivity contribution in [2.75, 3.05) is 6.67 Å². The number of alkyl halides is 1. The maximum atomic E-state index is 11.8. The topological polar surface area (TPSA) is 48.9 Å². The second-order valence-corrected chi connectivity index (χ2v) is 2.66. The predicted octanol–water partition coefficient (Wildman–Crippen LogP) is 1.18. The van der Waals surface area contributed by atoms with E-state index < -0.39 is 12.8 Å². The molecule has 1 unspecified atom stereocenters. The third kappa shape index (κ3) is 1.35. The normalized spacial score (nSPS) is 13.5. The van der Waals surface area contributed by atoms with Crippen LogP contribution in [0.25, 0.3) is 0 Å². The summed E-state index contributed by atoms with van der Waals surface area (Å²) in [6.07, 6.45) is 0.366. The van der Waals surface area contributed by atoms with E-state index in [4.69, 9.17) is 5.11 Å². The predicted molar refractivity (Wildman–Crippen MR) is 37.2 cm³/mol. The van der Waals surface area contributed by atoms with Crippen molar-refractivity contribution < 1.29 is 9.50 Å². The lowest BCUT2D eigenvalue weighted by atomic mass is 10.3. The summed E-state index contributed by atoms with van der Waals surface area (Å²) in [7, 11) is 0. The van der Waals surface area contributed by atoms with Gasteiger partial charge in [-0.25, -0.2) is 4.39 Å². The molecule has 10 heavy (non-hydrogen) atoms. The van der Waals surface area contributed by atoms with Crippen LogP contribution in [-0.4, -0.2) is 22.0 Å². The fraction of sp³-hybridized carbons (Fsp3) is 0.400. The molecule has 0 fully saturated rings. The maximum Gasteiger partial charge on any atom is 0.125 e. The first kappa shape index (κ1) is 7.68. The van der Waals surface area contributed by atoms with Gasteiger partial charge in [-0.1, -0.05) is 0 Å². The minimum absolute atomic E-state index is 0.377. The molecular formula is C5H6BrFN2O. The summed E-state index contributed by atoms with van der Waals surface area (Å²) in [5.74, 6) is 0. The zero-order valence-corrected chi connectivity index (χ0v) is 6.60. The number of aliphatic hydroxyl groups is 1. The highest BCUT2D eigenvalue weighted by Gasteiger charge is 2.11. The number of H-pyrrole nitrogens is 1. The first-order valence-electron chi connectivity index (χ1n) is 2.68. The lowest BCUT2D eigenvalue weighted by molar-refractivity contribution is 0.137. The number of nitrogens with zero attached hydrogens (tertiary/aromatic N) is 1. The summed E-state index contributed by atoms with van der Waals surface area (Å²) >= 11 is 3.09. The number of nitrogens with one attached hydrogen (secondary N) is 1. The zero-order chi connectivity index (χ0) is 7.56. The van der Waals surface area contributed by atoms with Crippen LogP contribution in [0.3, 0.4) is 0 Å². The Bertz CT molecular complexity index is 215. The van der Waals surface area contributed by atoms with Crippen molar-refractivity contribution in [1.29, 1.82) is 0 Å². The standard InChI is InChI=1S/C5H6BrFN2O/c6-3-2-8-9-5(3)4(10)1-7/h2,4,10H,1H2,(H,8,9). The van der Waals surface area contributed by atoms with E-state index in [0.29, 0.717) is 10.2 Å². The van der Waals surface area contributed by atoms with Crippen molar-refractivity contribution in [3.63, 3.8) is 0 Å². The average molecular weight is 209 g/mol. The number of aromatic amines is 1. The Balaban J connectivity index is 2.82. The highest BCUT2D eigenvalue weighted by Crippen LogP contribution is 2.20. The summed E-state index contributed by atoms with van der Waals surface area (Å²) in [5.41, 5.74) is 0.377. The Morgan fingerprint density at radius 2 is 2.60 bits per heavy atom. The maximum absolute atomic E-state index is 11.8. The molecule has 5 heteroatoms. The van der Waals surface area contributed by atoms with Gasteiger partial charge in [0.15, 0.2) is 0 Å². The van der Waals surface area contributed by atoms with Gasteiger partial charge in [-0.2, -0.15) is 5.10 Å². The third-order valence-corrected chi connectivity index (χ3v) is 1.73. The Morgan fingerprint density at radius 3 is 3.00 bits per heavy atom. The van der Waals surface area contributed by atoms with Crippen molar-refractivity contribution in [2.45, 2.75) is 6.10 Å². The molecule has 1 aromatic rings. The van der Waals surface area contributed by atoms with Crippen molar-refractivity contribution in [1.82, 2.24) is 10.2 Å². The van der Waals surface area contributed by atoms with Gasteiger partial charge in [0.25, 0.3) is 0 Å². The first-order chi connectivity index (χ1) is 4.75. The molecule has 0 spiro atoms. The quantitative estimate of drug-likeness (QED) is 0.768. The largest absolute Gasteiger partial charge is 0.384 e. The Kier molecular flexibility index (Phi) is 2.39. The first-order valence-corrected chi connectivity index (χ1v) is 3.47. The van der Waals surface area contributed by atoms with Gasteiger partial charge in [0.1, 0.15) is 12.8 Å². The van der Waals surface area contributed by atoms with Crippen molar-refractivity contribution >= 4 is 15.9 Å². The van der Waals surface area contributed by atoms with Gasteiger partial charge < -0.3 is 5.11 Å². The summed E-state index contributed by atoms with van der Waals surface area (Å²) in [6, 6.07) is 0. The molecular weight excluding hydrogens is 203 g/mol. The highest BCUT2D eigenvalue weighted by atomic mass is 79.9. The molecule has 0 saturated carbocycles. The van der Waals surface area contributed by atoms with E-state index in [2.05, 4.69) is 26.1 Å². The molecule has 0 bridgehead atoms. The molecule has 0 radical (unpaired) electrons. The molecule has 0 aromatic carbocycles. The minimum Gasteiger partial charge on any atom is -0.384 e. The molecule has 0 aliphatic rings. The van der Waals surface area contributed by atoms with Crippen molar-refractivity contribution in [3.05, 3.63) is 16.4 Å². The highest BCUT2D eigenvalue weighted by molar-refractivity contribution is 9.10. The summed E-state index contributed by atoms with van der Waals surface area (Å²) < 4.78 is 12.4. The minimum atomic E-state index is -1.10. The Labute approximate surface area is 65.4 Å². The lowest BCUT2D eigenvalue weighted by Gasteiger charge is -2.01. The van der Waals surface area contributed by atoms with Gasteiger partial charge in [0, 0.05) is 0 Å². The molecule has 1 heterocycles. The van der Waals surface area contributed by atoms with Gasteiger partial charge in [0.05, 0.1) is 16.4 Å². The number of hydrogen-bond donors (Lipinski definition) is 2. The van der Waals surface area contributed by atoms with Gasteiger partial charge in [-0.15, -0.1) is 0 Å². The Hall–Kier alpha value is -0.420. The van der Waals surface area contributed by atoms with Gasteiger partial charge >= 0.3 is 0 Å². The summed E-state index contributed by atoms with van der Waals surface area (Å²) in [6.45, 7) is -0.805. The zero-order valence-electron chi connectivity index (χ0n) is 5.01. The van der Waals surface area contributed by atoms with Crippen LogP contribution in [0.1, 0.15) is 11.8 Å². The molecule has 0 aliphatic heterocycles. The molecule has 0 aliphatic carbocycles. The van der Waals surface area contributed by atoms with E-state index in [-0.39, 0.29) is 0 Å². The number of rotatable bonds is 2. The average Bonchev–Trinajstić information content (AvgIpc) is 2.34. The van der Waals surface area contributed by atoms with Gasteiger partial charge in [-0.05, 0) is 15.9 Å². The number of aromatic nitrogens is 2. The molecule has 0 saturated heterocycles. The second-order valence-electron chi connectivity index (χ2n) is 1.80. The fourth-order valence-corrected chi connectivity index (χ4v) is 1.05. The third-order valence-electron chi connectivity index (χ3n) is 1.10. The number of halogens is 2. The van der Waals surface area contributed by atoms with Crippen LogP contribution in [0.5, 0.6) is 0 Å². The van der Waals surface area contributed by atoms with Crippen LogP contribution < -0.4 is 0 Å². The van der Waals surface area contributed by atoms with Crippen LogP contribution in [0.4, 0.5) is 4.39 Å². The van der Waals surface area contributed by atoms with Crippen LogP contribution in [0.2, 0.25) is 0 Å². The van der Waals surface area contributed by atoms with Gasteiger partial charge in [-0.3, -0.25) is 5.10 Å². The molecule has 2 N–H and O–H groups in total. The molecule has 56 valence electrons. The SMILES string of the molecule is OC(CF)c1[nH]ncc1Br. The number of aliphatic hydroxyl groups excluding tert-OH is 1. The molecule has 0 amide bonds. The van der Waals surface area contributed by atoms with Crippen molar-refractivity contribution in [3.8, 4) is 0 Å². The molecule has 3 nitrogen and oxygen atoms in total. The van der Waals surface area contributed by atoms with Crippen LogP contribution in [0, 0.1) is 0 Å². The van der Waals surface area contributed by atoms with E-state index in [1.165, 1.54) is 6.20 Å². The van der Waals surface area contributed by atoms with E-state index >= 15 is 0 Å². The summed E-state index contributed by atoms with van der Waals surface area (Å²) in [5, 5.41) is 15.0. The lowest BCUT2D eigenvalue weighted by Crippen LogP contribution is -2.00. The van der Waals surface area contributed by atoms with E-state index in [1.807, 2.05) is 0 Å². The van der Waals surface area contributed by atoms with Crippen LogP contribution in [0.15, 0.2) is 10.7 Å². The molecule has 1 aromatic heterocycles. The number of hydrogen-bond acceptors (Lipinski definition) is 2. The fourth-order valence-electron chi connectivity index (χ4n) is 0.592. The molecule has 1 atom stereocenters. The monoisotopic (exact) mass is 208 g/mol. The van der Waals surface area contributed by atoms with E-state index in [0.717, 1.165) is 0 Å². The smallest absolute Gasteiger partial charge is 0.125 e. The van der Waals surface area contributed by atoms with Crippen LogP contribution in [-0.2, 0) is 0 Å². The van der Waals surface area contributed by atoms with Gasteiger partial charge in [0.2, 0.25) is 0 Å². The second kappa shape index (κ2) is 3.12. The summed E-state index contributed by atoms with van der Waals surface area (Å²) in [4.78, 5) is 0. The molecule has 1 rings (SSSR count). The van der Waals surface area contributed by atoms with Crippen LogP contribution >= 0.6 is 15.9 Å².